The van der Waals surface area contributed by atoms with E-state index in [0.717, 1.165) is 5.75 Å². The summed E-state index contributed by atoms with van der Waals surface area (Å²) in [5.74, 6) is 1.15. The van der Waals surface area contributed by atoms with Crippen LogP contribution in [0.15, 0.2) is 54.6 Å². The first kappa shape index (κ1) is 19.0. The minimum atomic E-state index is -0.539. The molecule has 1 fully saturated rings. The van der Waals surface area contributed by atoms with Crippen molar-refractivity contribution >= 4 is 11.9 Å². The molecule has 27 heavy (non-hydrogen) atoms. The van der Waals surface area contributed by atoms with Crippen LogP contribution in [0.5, 0.6) is 11.5 Å². The Hall–Kier alpha value is -2.82. The van der Waals surface area contributed by atoms with Crippen LogP contribution < -0.4 is 4.74 Å². The van der Waals surface area contributed by atoms with Crippen LogP contribution >= 0.6 is 0 Å². The predicted octanol–water partition coefficient (Wildman–Crippen LogP) is 4.92. The Bertz CT molecular complexity index is 811. The van der Waals surface area contributed by atoms with E-state index in [9.17, 15) is 9.59 Å². The van der Waals surface area contributed by atoms with Gasteiger partial charge < -0.3 is 14.4 Å². The maximum Gasteiger partial charge on any atom is 0.410 e. The Morgan fingerprint density at radius 2 is 1.70 bits per heavy atom. The molecule has 5 heteroatoms. The number of hydrogen-bond donors (Lipinski definition) is 0. The molecule has 142 valence electrons. The normalized spacial score (nSPS) is 16.9. The Kier molecular flexibility index (Phi) is 5.49. The maximum atomic E-state index is 12.9. The second kappa shape index (κ2) is 7.82. The van der Waals surface area contributed by atoms with Gasteiger partial charge in [0.15, 0.2) is 5.78 Å². The zero-order chi connectivity index (χ0) is 19.4. The van der Waals surface area contributed by atoms with Crippen molar-refractivity contribution in [3.63, 3.8) is 0 Å². The van der Waals surface area contributed by atoms with Crippen molar-refractivity contribution in [2.45, 2.75) is 32.8 Å². The first-order valence-electron chi connectivity index (χ1n) is 9.17. The molecule has 2 aromatic rings. The Balaban J connectivity index is 1.64. The number of Topliss-reactive ketones (excluding diaryl/α,β-unsaturated/α-hetero) is 1. The lowest BCUT2D eigenvalue weighted by Crippen LogP contribution is -2.35. The van der Waals surface area contributed by atoms with E-state index in [1.54, 1.807) is 17.0 Å². The first-order chi connectivity index (χ1) is 12.8. The number of benzene rings is 2. The summed E-state index contributed by atoms with van der Waals surface area (Å²) in [4.78, 5) is 26.7. The lowest BCUT2D eigenvalue weighted by molar-refractivity contribution is 0.0289. The lowest BCUT2D eigenvalue weighted by atomic mass is 9.97. The largest absolute Gasteiger partial charge is 0.457 e. The van der Waals surface area contributed by atoms with Gasteiger partial charge >= 0.3 is 6.09 Å². The summed E-state index contributed by atoms with van der Waals surface area (Å²) in [7, 11) is 0. The molecule has 3 rings (SSSR count). The number of carbonyl (C=O) groups is 2. The Morgan fingerprint density at radius 3 is 2.41 bits per heavy atom. The highest BCUT2D eigenvalue weighted by Crippen LogP contribution is 2.26. The molecule has 0 saturated carbocycles. The molecule has 1 amide bonds. The van der Waals surface area contributed by atoms with Crippen LogP contribution in [-0.4, -0.2) is 35.5 Å². The van der Waals surface area contributed by atoms with E-state index in [1.165, 1.54) is 0 Å². The second-order valence-electron chi connectivity index (χ2n) is 7.72. The van der Waals surface area contributed by atoms with Crippen LogP contribution in [0.3, 0.4) is 0 Å². The molecule has 0 aliphatic carbocycles. The van der Waals surface area contributed by atoms with Gasteiger partial charge in [0.1, 0.15) is 17.1 Å². The fourth-order valence-electron chi connectivity index (χ4n) is 3.04. The maximum absolute atomic E-state index is 12.9. The van der Waals surface area contributed by atoms with E-state index >= 15 is 0 Å². The van der Waals surface area contributed by atoms with Crippen molar-refractivity contribution in [3.05, 3.63) is 60.2 Å². The van der Waals surface area contributed by atoms with Gasteiger partial charge in [-0.3, -0.25) is 4.79 Å². The van der Waals surface area contributed by atoms with Crippen LogP contribution in [0.2, 0.25) is 0 Å². The molecule has 1 heterocycles. The molecule has 0 radical (unpaired) electrons. The van der Waals surface area contributed by atoms with E-state index in [2.05, 4.69) is 0 Å². The quantitative estimate of drug-likeness (QED) is 0.720. The molecule has 0 N–H and O–H groups in total. The van der Waals surface area contributed by atoms with E-state index in [-0.39, 0.29) is 17.8 Å². The van der Waals surface area contributed by atoms with Crippen molar-refractivity contribution in [1.29, 1.82) is 0 Å². The summed E-state index contributed by atoms with van der Waals surface area (Å²) in [6.45, 7) is 6.43. The number of carbonyl (C=O) groups excluding carboxylic acids is 2. The number of rotatable bonds is 4. The average molecular weight is 367 g/mol. The standard InChI is InChI=1S/C22H25NO4/c1-22(2,3)27-21(25)23-13-12-17(15-23)20(24)16-8-7-11-19(14-16)26-18-9-5-4-6-10-18/h4-11,14,17H,12-13,15H2,1-3H3/t17-/m1/s1. The molecule has 5 nitrogen and oxygen atoms in total. The molecule has 1 aliphatic heterocycles. The zero-order valence-electron chi connectivity index (χ0n) is 16.0. The van der Waals surface area contributed by atoms with Gasteiger partial charge in [-0.05, 0) is 51.5 Å². The SMILES string of the molecule is CC(C)(C)OC(=O)N1CC[C@@H](C(=O)c2cccc(Oc3ccccc3)c2)C1. The molecular formula is C22H25NO4. The van der Waals surface area contributed by atoms with Crippen LogP contribution in [0, 0.1) is 5.92 Å². The molecule has 1 saturated heterocycles. The molecule has 1 atom stereocenters. The third kappa shape index (κ3) is 5.09. The molecule has 0 aromatic heterocycles. The summed E-state index contributed by atoms with van der Waals surface area (Å²) >= 11 is 0. The fourth-order valence-corrected chi connectivity index (χ4v) is 3.04. The summed E-state index contributed by atoms with van der Waals surface area (Å²) < 4.78 is 11.2. The van der Waals surface area contributed by atoms with Gasteiger partial charge in [0.25, 0.3) is 0 Å². The van der Waals surface area contributed by atoms with Crippen molar-refractivity contribution < 1.29 is 19.1 Å². The van der Waals surface area contributed by atoms with Crippen LogP contribution in [0.1, 0.15) is 37.6 Å². The minimum absolute atomic E-state index is 0.0274. The molecule has 2 aromatic carbocycles. The van der Waals surface area contributed by atoms with Crippen molar-refractivity contribution in [1.82, 2.24) is 4.90 Å². The predicted molar refractivity (Wildman–Crippen MR) is 103 cm³/mol. The van der Waals surface area contributed by atoms with E-state index < -0.39 is 5.60 Å². The summed E-state index contributed by atoms with van der Waals surface area (Å²) in [5.41, 5.74) is 0.0573. The molecule has 0 unspecified atom stereocenters. The van der Waals surface area contributed by atoms with Gasteiger partial charge in [0.2, 0.25) is 0 Å². The molecule has 0 bridgehead atoms. The number of amides is 1. The summed E-state index contributed by atoms with van der Waals surface area (Å²) in [5, 5.41) is 0. The smallest absolute Gasteiger partial charge is 0.410 e. The third-order valence-electron chi connectivity index (χ3n) is 4.31. The molecule has 1 aliphatic rings. The van der Waals surface area contributed by atoms with Crippen molar-refractivity contribution in [2.24, 2.45) is 5.92 Å². The van der Waals surface area contributed by atoms with Crippen molar-refractivity contribution in [3.8, 4) is 11.5 Å². The molecule has 0 spiro atoms. The Labute approximate surface area is 159 Å². The van der Waals surface area contributed by atoms with Crippen LogP contribution in [0.4, 0.5) is 4.79 Å². The summed E-state index contributed by atoms with van der Waals surface area (Å²) in [6.07, 6.45) is 0.279. The zero-order valence-corrected chi connectivity index (χ0v) is 16.0. The summed E-state index contributed by atoms with van der Waals surface area (Å²) in [6, 6.07) is 16.6. The average Bonchev–Trinajstić information content (AvgIpc) is 3.11. The van der Waals surface area contributed by atoms with Gasteiger partial charge in [-0.25, -0.2) is 4.79 Å². The van der Waals surface area contributed by atoms with Gasteiger partial charge in [0.05, 0.1) is 0 Å². The number of likely N-dealkylation sites (tertiary alicyclic amines) is 1. The molecular weight excluding hydrogens is 342 g/mol. The van der Waals surface area contributed by atoms with Gasteiger partial charge in [-0.1, -0.05) is 30.3 Å². The number of ketones is 1. The van der Waals surface area contributed by atoms with E-state index in [1.807, 2.05) is 63.2 Å². The Morgan fingerprint density at radius 1 is 1.00 bits per heavy atom. The second-order valence-corrected chi connectivity index (χ2v) is 7.72. The van der Waals surface area contributed by atoms with E-state index in [4.69, 9.17) is 9.47 Å². The fraction of sp³-hybridized carbons (Fsp3) is 0.364. The first-order valence-corrected chi connectivity index (χ1v) is 9.17. The monoisotopic (exact) mass is 367 g/mol. The van der Waals surface area contributed by atoms with Gasteiger partial charge in [0, 0.05) is 24.6 Å². The van der Waals surface area contributed by atoms with Crippen molar-refractivity contribution in [2.75, 3.05) is 13.1 Å². The van der Waals surface area contributed by atoms with Crippen LogP contribution in [0.25, 0.3) is 0 Å². The highest BCUT2D eigenvalue weighted by Gasteiger charge is 2.33. The number of para-hydroxylation sites is 1. The van der Waals surface area contributed by atoms with Gasteiger partial charge in [-0.2, -0.15) is 0 Å². The van der Waals surface area contributed by atoms with Gasteiger partial charge in [-0.15, -0.1) is 0 Å². The minimum Gasteiger partial charge on any atom is -0.457 e. The highest BCUT2D eigenvalue weighted by atomic mass is 16.6. The van der Waals surface area contributed by atoms with Crippen LogP contribution in [-0.2, 0) is 4.74 Å². The topological polar surface area (TPSA) is 55.8 Å². The lowest BCUT2D eigenvalue weighted by Gasteiger charge is -2.24. The number of hydrogen-bond acceptors (Lipinski definition) is 4. The number of ether oxygens (including phenoxy) is 2. The highest BCUT2D eigenvalue weighted by molar-refractivity contribution is 5.98. The number of nitrogens with zero attached hydrogens (tertiary/aromatic N) is 1. The third-order valence-corrected chi connectivity index (χ3v) is 4.31. The van der Waals surface area contributed by atoms with E-state index in [0.29, 0.717) is 30.8 Å².